The number of benzene rings is 1. The minimum Gasteiger partial charge on any atom is -0.417 e. The van der Waals surface area contributed by atoms with Crippen molar-refractivity contribution < 1.29 is 22.4 Å². The van der Waals surface area contributed by atoms with Gasteiger partial charge in [-0.15, -0.1) is 10.2 Å². The van der Waals surface area contributed by atoms with Gasteiger partial charge in [-0.1, -0.05) is 0 Å². The summed E-state index contributed by atoms with van der Waals surface area (Å²) in [5.41, 5.74) is 1.59. The van der Waals surface area contributed by atoms with E-state index in [1.54, 1.807) is 17.0 Å². The Hall–Kier alpha value is -2.58. The van der Waals surface area contributed by atoms with Gasteiger partial charge in [0.1, 0.15) is 0 Å². The Balaban J connectivity index is 1.61. The highest BCUT2D eigenvalue weighted by Gasteiger charge is 2.39. The van der Waals surface area contributed by atoms with Gasteiger partial charge in [-0.25, -0.2) is 0 Å². The summed E-state index contributed by atoms with van der Waals surface area (Å²) in [6.07, 6.45) is -3.66. The number of anilines is 1. The smallest absolute Gasteiger partial charge is 0.417 e. The SMILES string of the molecule is CN(C)c1ccc(C(=O)N2CCC(c3nnc(C(F)(F)F)o3)CC2)cc1. The summed E-state index contributed by atoms with van der Waals surface area (Å²) in [6, 6.07) is 7.29. The van der Waals surface area contributed by atoms with Crippen LogP contribution in [0.4, 0.5) is 18.9 Å². The predicted molar refractivity (Wildman–Crippen MR) is 87.9 cm³/mol. The quantitative estimate of drug-likeness (QED) is 0.833. The fourth-order valence-electron chi connectivity index (χ4n) is 2.93. The number of hydrogen-bond acceptors (Lipinski definition) is 5. The molecule has 140 valence electrons. The third-order valence-electron chi connectivity index (χ3n) is 4.45. The topological polar surface area (TPSA) is 62.5 Å². The lowest BCUT2D eigenvalue weighted by Crippen LogP contribution is -2.38. The number of piperidine rings is 1. The molecule has 9 heteroatoms. The van der Waals surface area contributed by atoms with E-state index in [1.807, 2.05) is 31.1 Å². The molecule has 6 nitrogen and oxygen atoms in total. The van der Waals surface area contributed by atoms with Gasteiger partial charge in [-0.3, -0.25) is 4.79 Å². The summed E-state index contributed by atoms with van der Waals surface area (Å²) in [4.78, 5) is 16.2. The summed E-state index contributed by atoms with van der Waals surface area (Å²) in [5.74, 6) is -1.69. The monoisotopic (exact) mass is 368 g/mol. The number of halogens is 3. The lowest BCUT2D eigenvalue weighted by Gasteiger charge is -2.30. The summed E-state index contributed by atoms with van der Waals surface area (Å²) in [7, 11) is 3.84. The molecule has 1 saturated heterocycles. The second kappa shape index (κ2) is 6.97. The number of amides is 1. The molecule has 1 amide bonds. The molecule has 0 bridgehead atoms. The molecule has 1 aromatic carbocycles. The third kappa shape index (κ3) is 3.81. The van der Waals surface area contributed by atoms with Crippen LogP contribution in [0.3, 0.4) is 0 Å². The molecule has 26 heavy (non-hydrogen) atoms. The number of aromatic nitrogens is 2. The first-order valence-electron chi connectivity index (χ1n) is 8.23. The molecular weight excluding hydrogens is 349 g/mol. The number of likely N-dealkylation sites (tertiary alicyclic amines) is 1. The average Bonchev–Trinajstić information content (AvgIpc) is 3.12. The molecule has 0 aliphatic carbocycles. The lowest BCUT2D eigenvalue weighted by molar-refractivity contribution is -0.157. The molecule has 0 spiro atoms. The Kier molecular flexibility index (Phi) is 4.88. The van der Waals surface area contributed by atoms with Crippen LogP contribution in [0.1, 0.15) is 40.9 Å². The molecule has 0 atom stereocenters. The van der Waals surface area contributed by atoms with Crippen LogP contribution in [0.5, 0.6) is 0 Å². The van der Waals surface area contributed by atoms with Gasteiger partial charge in [0.15, 0.2) is 0 Å². The van der Waals surface area contributed by atoms with Gasteiger partial charge in [0, 0.05) is 44.4 Å². The molecule has 1 aliphatic rings. The maximum atomic E-state index is 12.6. The largest absolute Gasteiger partial charge is 0.470 e. The standard InChI is InChI=1S/C17H19F3N4O2/c1-23(2)13-5-3-12(4-6-13)15(25)24-9-7-11(8-10-24)14-21-22-16(26-14)17(18,19)20/h3-6,11H,7-10H2,1-2H3. The van der Waals surface area contributed by atoms with Crippen LogP contribution in [0.15, 0.2) is 28.7 Å². The van der Waals surface area contributed by atoms with Gasteiger partial charge in [0.2, 0.25) is 5.89 Å². The van der Waals surface area contributed by atoms with Crippen LogP contribution in [0.2, 0.25) is 0 Å². The molecule has 0 N–H and O–H groups in total. The highest BCUT2D eigenvalue weighted by atomic mass is 19.4. The van der Waals surface area contributed by atoms with Crippen molar-refractivity contribution in [2.75, 3.05) is 32.1 Å². The second-order valence-corrected chi connectivity index (χ2v) is 6.45. The van der Waals surface area contributed by atoms with E-state index in [2.05, 4.69) is 10.2 Å². The van der Waals surface area contributed by atoms with E-state index < -0.39 is 12.1 Å². The van der Waals surface area contributed by atoms with Gasteiger partial charge >= 0.3 is 12.1 Å². The van der Waals surface area contributed by atoms with Crippen molar-refractivity contribution in [2.45, 2.75) is 24.9 Å². The van der Waals surface area contributed by atoms with Crippen LogP contribution in [-0.4, -0.2) is 48.2 Å². The van der Waals surface area contributed by atoms with Gasteiger partial charge < -0.3 is 14.2 Å². The van der Waals surface area contributed by atoms with E-state index in [9.17, 15) is 18.0 Å². The summed E-state index contributed by atoms with van der Waals surface area (Å²) < 4.78 is 42.4. The Morgan fingerprint density at radius 2 is 1.77 bits per heavy atom. The van der Waals surface area contributed by atoms with Crippen LogP contribution in [0.25, 0.3) is 0 Å². The minimum atomic E-state index is -4.64. The number of rotatable bonds is 3. The zero-order chi connectivity index (χ0) is 18.9. The van der Waals surface area contributed by atoms with Crippen molar-refractivity contribution >= 4 is 11.6 Å². The molecule has 1 aliphatic heterocycles. The van der Waals surface area contributed by atoms with E-state index in [4.69, 9.17) is 4.42 Å². The van der Waals surface area contributed by atoms with E-state index in [0.717, 1.165) is 5.69 Å². The summed E-state index contributed by atoms with van der Waals surface area (Å²) in [5, 5.41) is 6.58. The number of carbonyl (C=O) groups excluding carboxylic acids is 1. The zero-order valence-electron chi connectivity index (χ0n) is 14.5. The molecule has 2 heterocycles. The Morgan fingerprint density at radius 3 is 2.27 bits per heavy atom. The Bertz CT molecular complexity index is 763. The Morgan fingerprint density at radius 1 is 1.15 bits per heavy atom. The third-order valence-corrected chi connectivity index (χ3v) is 4.45. The van der Waals surface area contributed by atoms with Gasteiger partial charge in [0.25, 0.3) is 5.91 Å². The minimum absolute atomic E-state index is 0.0141. The number of nitrogens with zero attached hydrogens (tertiary/aromatic N) is 4. The van der Waals surface area contributed by atoms with E-state index >= 15 is 0 Å². The molecule has 0 saturated carbocycles. The van der Waals surface area contributed by atoms with E-state index in [1.165, 1.54) is 0 Å². The van der Waals surface area contributed by atoms with Gasteiger partial charge in [0.05, 0.1) is 0 Å². The number of alkyl halides is 3. The van der Waals surface area contributed by atoms with Gasteiger partial charge in [-0.2, -0.15) is 13.2 Å². The average molecular weight is 368 g/mol. The molecule has 0 unspecified atom stereocenters. The maximum absolute atomic E-state index is 12.6. The number of hydrogen-bond donors (Lipinski definition) is 0. The highest BCUT2D eigenvalue weighted by molar-refractivity contribution is 5.94. The van der Waals surface area contributed by atoms with Crippen molar-refractivity contribution in [1.82, 2.24) is 15.1 Å². The molecular formula is C17H19F3N4O2. The zero-order valence-corrected chi connectivity index (χ0v) is 14.5. The lowest BCUT2D eigenvalue weighted by atomic mass is 9.96. The van der Waals surface area contributed by atoms with Crippen molar-refractivity contribution in [3.63, 3.8) is 0 Å². The van der Waals surface area contributed by atoms with Crippen LogP contribution in [0, 0.1) is 0 Å². The van der Waals surface area contributed by atoms with Crippen molar-refractivity contribution in [3.05, 3.63) is 41.6 Å². The van der Waals surface area contributed by atoms with Crippen molar-refractivity contribution in [1.29, 1.82) is 0 Å². The second-order valence-electron chi connectivity index (χ2n) is 6.45. The van der Waals surface area contributed by atoms with Crippen LogP contribution in [-0.2, 0) is 6.18 Å². The molecule has 1 fully saturated rings. The first-order valence-corrected chi connectivity index (χ1v) is 8.23. The molecule has 2 aromatic rings. The molecule has 3 rings (SSSR count). The Labute approximate surface area is 148 Å². The first kappa shape index (κ1) is 18.2. The number of carbonyl (C=O) groups is 1. The van der Waals surface area contributed by atoms with Crippen LogP contribution >= 0.6 is 0 Å². The molecule has 0 radical (unpaired) electrons. The summed E-state index contributed by atoms with van der Waals surface area (Å²) >= 11 is 0. The van der Waals surface area contributed by atoms with Gasteiger partial charge in [-0.05, 0) is 37.1 Å². The first-order chi connectivity index (χ1) is 12.3. The van der Waals surface area contributed by atoms with Crippen LogP contribution < -0.4 is 4.90 Å². The normalized spacial score (nSPS) is 16.0. The molecule has 1 aromatic heterocycles. The predicted octanol–water partition coefficient (Wildman–Crippen LogP) is 3.17. The van der Waals surface area contributed by atoms with E-state index in [-0.39, 0.29) is 17.7 Å². The summed E-state index contributed by atoms with van der Waals surface area (Å²) in [6.45, 7) is 0.866. The fourth-order valence-corrected chi connectivity index (χ4v) is 2.93. The van der Waals surface area contributed by atoms with Crippen molar-refractivity contribution in [3.8, 4) is 0 Å². The maximum Gasteiger partial charge on any atom is 0.470 e. The highest BCUT2D eigenvalue weighted by Crippen LogP contribution is 2.32. The van der Waals surface area contributed by atoms with Crippen molar-refractivity contribution in [2.24, 2.45) is 0 Å². The fraction of sp³-hybridized carbons (Fsp3) is 0.471. The van der Waals surface area contributed by atoms with E-state index in [0.29, 0.717) is 31.5 Å².